The number of fused-ring (bicyclic) bond motifs is 6. The lowest BCUT2D eigenvalue weighted by Crippen LogP contribution is -2.35. The summed E-state index contributed by atoms with van der Waals surface area (Å²) in [7, 11) is 3.71. The van der Waals surface area contributed by atoms with Gasteiger partial charge in [0, 0.05) is 24.1 Å². The molecule has 0 spiro atoms. The molecular weight excluding hydrogens is 318 g/mol. The molecular formula is C20H19NO4. The van der Waals surface area contributed by atoms with Crippen molar-refractivity contribution in [3.63, 3.8) is 0 Å². The largest absolute Gasteiger partial charge is 0.504 e. The maximum atomic E-state index is 10.1. The zero-order chi connectivity index (χ0) is 17.1. The standard InChI is InChI=1S/C20H19NO4/c1-21-9-15-12(5-6-16(22)20(15)23-2)13-4-3-11-7-17-18(25-10-24-17)8-14(11)19(13)21/h3-8,13,19,22H,9-10H2,1-2H3/t13-,19+/m0/s1. The van der Waals surface area contributed by atoms with Crippen molar-refractivity contribution >= 4 is 6.08 Å². The smallest absolute Gasteiger partial charge is 0.231 e. The van der Waals surface area contributed by atoms with E-state index in [9.17, 15) is 5.11 Å². The number of methoxy groups -OCH3 is 1. The number of aromatic hydroxyl groups is 1. The van der Waals surface area contributed by atoms with Gasteiger partial charge in [-0.3, -0.25) is 4.90 Å². The first-order valence-corrected chi connectivity index (χ1v) is 8.38. The topological polar surface area (TPSA) is 51.2 Å². The number of rotatable bonds is 1. The van der Waals surface area contributed by atoms with Gasteiger partial charge in [-0.05, 0) is 41.9 Å². The van der Waals surface area contributed by atoms with E-state index in [4.69, 9.17) is 14.2 Å². The average Bonchev–Trinajstić information content (AvgIpc) is 3.06. The molecule has 2 aromatic rings. The van der Waals surface area contributed by atoms with E-state index in [1.54, 1.807) is 13.2 Å². The molecule has 2 aromatic carbocycles. The lowest BCUT2D eigenvalue weighted by molar-refractivity contribution is 0.173. The number of likely N-dealkylation sites (N-methyl/N-ethyl adjacent to an activating group) is 1. The van der Waals surface area contributed by atoms with Crippen molar-refractivity contribution in [3.05, 3.63) is 52.6 Å². The van der Waals surface area contributed by atoms with E-state index in [1.807, 2.05) is 6.07 Å². The van der Waals surface area contributed by atoms with E-state index in [0.717, 1.165) is 23.6 Å². The van der Waals surface area contributed by atoms with E-state index in [-0.39, 0.29) is 24.5 Å². The highest BCUT2D eigenvalue weighted by atomic mass is 16.7. The van der Waals surface area contributed by atoms with E-state index in [2.05, 4.69) is 36.2 Å². The van der Waals surface area contributed by atoms with Crippen LogP contribution in [0.3, 0.4) is 0 Å². The summed E-state index contributed by atoms with van der Waals surface area (Å²) in [5.74, 6) is 2.60. The Morgan fingerprint density at radius 3 is 2.76 bits per heavy atom. The molecule has 0 amide bonds. The summed E-state index contributed by atoms with van der Waals surface area (Å²) in [5, 5.41) is 10.1. The molecule has 0 bridgehead atoms. The zero-order valence-electron chi connectivity index (χ0n) is 14.2. The van der Waals surface area contributed by atoms with Gasteiger partial charge in [-0.15, -0.1) is 0 Å². The Labute approximate surface area is 146 Å². The van der Waals surface area contributed by atoms with Crippen LogP contribution in [0.4, 0.5) is 0 Å². The number of nitrogens with zero attached hydrogens (tertiary/aromatic N) is 1. The van der Waals surface area contributed by atoms with Crippen molar-refractivity contribution in [1.82, 2.24) is 4.90 Å². The first-order chi connectivity index (χ1) is 12.2. The van der Waals surface area contributed by atoms with Crippen LogP contribution in [0.2, 0.25) is 0 Å². The van der Waals surface area contributed by atoms with Gasteiger partial charge in [0.2, 0.25) is 6.79 Å². The molecule has 0 radical (unpaired) electrons. The molecule has 2 heterocycles. The fourth-order valence-electron chi connectivity index (χ4n) is 4.35. The minimum absolute atomic E-state index is 0.191. The highest BCUT2D eigenvalue weighted by Gasteiger charge is 2.38. The van der Waals surface area contributed by atoms with Crippen molar-refractivity contribution in [1.29, 1.82) is 0 Å². The van der Waals surface area contributed by atoms with Gasteiger partial charge in [0.05, 0.1) is 7.11 Å². The second-order valence-electron chi connectivity index (χ2n) is 6.76. The Kier molecular flexibility index (Phi) is 3.03. The lowest BCUT2D eigenvalue weighted by atomic mass is 9.75. The molecule has 2 atom stereocenters. The summed E-state index contributed by atoms with van der Waals surface area (Å²) in [6, 6.07) is 8.13. The summed E-state index contributed by atoms with van der Waals surface area (Å²) in [4.78, 5) is 2.31. The van der Waals surface area contributed by atoms with Crippen LogP contribution in [0.15, 0.2) is 30.3 Å². The van der Waals surface area contributed by atoms with Gasteiger partial charge in [0.25, 0.3) is 0 Å². The Balaban J connectivity index is 1.67. The average molecular weight is 337 g/mol. The third-order valence-corrected chi connectivity index (χ3v) is 5.44. The summed E-state index contributed by atoms with van der Waals surface area (Å²) < 4.78 is 16.6. The predicted octanol–water partition coefficient (Wildman–Crippen LogP) is 3.43. The molecule has 0 aromatic heterocycles. The first-order valence-electron chi connectivity index (χ1n) is 8.38. The number of phenols is 1. The number of phenolic OH excluding ortho intramolecular Hbond substituents is 1. The minimum Gasteiger partial charge on any atom is -0.504 e. The highest BCUT2D eigenvalue weighted by molar-refractivity contribution is 5.67. The van der Waals surface area contributed by atoms with Gasteiger partial charge in [0.1, 0.15) is 0 Å². The van der Waals surface area contributed by atoms with Crippen LogP contribution in [0.1, 0.15) is 34.2 Å². The molecule has 5 heteroatoms. The molecule has 0 fully saturated rings. The van der Waals surface area contributed by atoms with Gasteiger partial charge in [0.15, 0.2) is 23.0 Å². The Morgan fingerprint density at radius 2 is 1.96 bits per heavy atom. The van der Waals surface area contributed by atoms with E-state index in [0.29, 0.717) is 5.75 Å². The van der Waals surface area contributed by atoms with Crippen molar-refractivity contribution in [3.8, 4) is 23.0 Å². The number of hydrogen-bond acceptors (Lipinski definition) is 5. The highest BCUT2D eigenvalue weighted by Crippen LogP contribution is 2.52. The van der Waals surface area contributed by atoms with Crippen LogP contribution in [-0.4, -0.2) is 31.0 Å². The molecule has 1 aliphatic carbocycles. The van der Waals surface area contributed by atoms with Gasteiger partial charge in [-0.2, -0.15) is 0 Å². The molecule has 2 aliphatic heterocycles. The van der Waals surface area contributed by atoms with Gasteiger partial charge in [-0.25, -0.2) is 0 Å². The summed E-state index contributed by atoms with van der Waals surface area (Å²) in [6.45, 7) is 1.00. The second kappa shape index (κ2) is 5.17. The molecule has 25 heavy (non-hydrogen) atoms. The van der Waals surface area contributed by atoms with Crippen LogP contribution < -0.4 is 14.2 Å². The van der Waals surface area contributed by atoms with Crippen molar-refractivity contribution in [2.24, 2.45) is 0 Å². The van der Waals surface area contributed by atoms with Crippen LogP contribution in [0, 0.1) is 0 Å². The number of benzene rings is 2. The monoisotopic (exact) mass is 337 g/mol. The third kappa shape index (κ3) is 1.99. The molecule has 0 unspecified atom stereocenters. The summed E-state index contributed by atoms with van der Waals surface area (Å²) >= 11 is 0. The van der Waals surface area contributed by atoms with Gasteiger partial charge in [-0.1, -0.05) is 18.2 Å². The Hall–Kier alpha value is -2.66. The molecule has 3 aliphatic rings. The van der Waals surface area contributed by atoms with E-state index >= 15 is 0 Å². The number of ether oxygens (including phenoxy) is 3. The second-order valence-corrected chi connectivity index (χ2v) is 6.76. The quantitative estimate of drug-likeness (QED) is 0.864. The van der Waals surface area contributed by atoms with Gasteiger partial charge < -0.3 is 19.3 Å². The van der Waals surface area contributed by atoms with Crippen LogP contribution in [0.25, 0.3) is 6.08 Å². The van der Waals surface area contributed by atoms with Crippen molar-refractivity contribution in [2.45, 2.75) is 18.5 Å². The first kappa shape index (κ1) is 14.7. The van der Waals surface area contributed by atoms with Gasteiger partial charge >= 0.3 is 0 Å². The molecule has 0 saturated carbocycles. The molecule has 0 saturated heterocycles. The summed E-state index contributed by atoms with van der Waals surface area (Å²) in [5.41, 5.74) is 4.68. The SMILES string of the molecule is COc1c(O)ccc2c1CN(C)[C@H]1c3cc4c(cc3C=C[C@@H]21)OCO4. The van der Waals surface area contributed by atoms with E-state index < -0.39 is 0 Å². The normalized spacial score (nSPS) is 23.0. The van der Waals surface area contributed by atoms with Crippen LogP contribution in [-0.2, 0) is 6.54 Å². The minimum atomic E-state index is 0.191. The molecule has 5 rings (SSSR count). The van der Waals surface area contributed by atoms with Crippen molar-refractivity contribution in [2.75, 3.05) is 21.0 Å². The Bertz CT molecular complexity index is 905. The third-order valence-electron chi connectivity index (χ3n) is 5.44. The van der Waals surface area contributed by atoms with E-state index in [1.165, 1.54) is 16.7 Å². The lowest BCUT2D eigenvalue weighted by Gasteiger charge is -2.42. The molecule has 128 valence electrons. The maximum absolute atomic E-state index is 10.1. The number of hydrogen-bond donors (Lipinski definition) is 1. The van der Waals surface area contributed by atoms with Crippen LogP contribution >= 0.6 is 0 Å². The van der Waals surface area contributed by atoms with Crippen LogP contribution in [0.5, 0.6) is 23.0 Å². The fourth-order valence-corrected chi connectivity index (χ4v) is 4.35. The predicted molar refractivity (Wildman–Crippen MR) is 93.2 cm³/mol. The summed E-state index contributed by atoms with van der Waals surface area (Å²) in [6.07, 6.45) is 4.39. The molecule has 1 N–H and O–H groups in total. The fraction of sp³-hybridized carbons (Fsp3) is 0.300. The Morgan fingerprint density at radius 1 is 1.16 bits per heavy atom. The molecule has 5 nitrogen and oxygen atoms in total. The maximum Gasteiger partial charge on any atom is 0.231 e. The zero-order valence-corrected chi connectivity index (χ0v) is 14.2. The van der Waals surface area contributed by atoms with Crippen molar-refractivity contribution < 1.29 is 19.3 Å².